The molecule has 1 saturated carbocycles. The van der Waals surface area contributed by atoms with E-state index in [-0.39, 0.29) is 23.8 Å². The largest absolute Gasteiger partial charge is 0.469 e. The molecule has 9 heteroatoms. The quantitative estimate of drug-likeness (QED) is 0.470. The molecule has 1 aliphatic carbocycles. The van der Waals surface area contributed by atoms with Gasteiger partial charge in [0.05, 0.1) is 48.5 Å². The van der Waals surface area contributed by atoms with E-state index in [9.17, 15) is 9.59 Å². The Kier molecular flexibility index (Phi) is 6.39. The van der Waals surface area contributed by atoms with Crippen molar-refractivity contribution in [1.29, 1.82) is 0 Å². The fourth-order valence-corrected chi connectivity index (χ4v) is 5.45. The Bertz CT molecular complexity index is 1230. The number of rotatable bonds is 5. The van der Waals surface area contributed by atoms with Crippen molar-refractivity contribution in [2.45, 2.75) is 37.3 Å². The number of halogens is 2. The highest BCUT2D eigenvalue weighted by atomic mass is 79.9. The van der Waals surface area contributed by atoms with Crippen molar-refractivity contribution in [1.82, 2.24) is 15.1 Å². The monoisotopic (exact) mass is 545 g/mol. The van der Waals surface area contributed by atoms with Crippen LogP contribution in [-0.2, 0) is 19.8 Å². The van der Waals surface area contributed by atoms with Gasteiger partial charge in [0.25, 0.3) is 5.91 Å². The molecule has 1 N–H and O–H groups in total. The first kappa shape index (κ1) is 23.3. The van der Waals surface area contributed by atoms with Crippen LogP contribution in [0.3, 0.4) is 0 Å². The number of nitrogens with zero attached hydrogens (tertiary/aromatic N) is 2. The van der Waals surface area contributed by atoms with Crippen molar-refractivity contribution in [3.05, 3.63) is 63.2 Å². The maximum Gasteiger partial charge on any atom is 0.308 e. The van der Waals surface area contributed by atoms with E-state index >= 15 is 0 Å². The lowest BCUT2D eigenvalue weighted by atomic mass is 9.86. The molecule has 2 heterocycles. The Labute approximate surface area is 210 Å². The first-order valence-corrected chi connectivity index (χ1v) is 12.5. The molecule has 1 amide bonds. The summed E-state index contributed by atoms with van der Waals surface area (Å²) in [4.78, 5) is 25.3. The smallest absolute Gasteiger partial charge is 0.308 e. The zero-order chi connectivity index (χ0) is 23.9. The van der Waals surface area contributed by atoms with E-state index in [1.807, 2.05) is 28.9 Å². The van der Waals surface area contributed by atoms with Crippen molar-refractivity contribution >= 4 is 50.3 Å². The molecule has 178 valence electrons. The summed E-state index contributed by atoms with van der Waals surface area (Å²) in [6, 6.07) is 11.6. The van der Waals surface area contributed by atoms with Gasteiger partial charge in [0, 0.05) is 15.9 Å². The predicted molar refractivity (Wildman–Crippen MR) is 132 cm³/mol. The van der Waals surface area contributed by atoms with Crippen molar-refractivity contribution in [2.75, 3.05) is 20.3 Å². The van der Waals surface area contributed by atoms with Crippen LogP contribution in [-0.4, -0.2) is 48.0 Å². The molecule has 5 rings (SSSR count). The van der Waals surface area contributed by atoms with E-state index in [0.717, 1.165) is 28.3 Å². The predicted octanol–water partition coefficient (Wildman–Crippen LogP) is 4.69. The number of nitrogens with one attached hydrogen (secondary N) is 1. The second-order valence-electron chi connectivity index (χ2n) is 8.99. The summed E-state index contributed by atoms with van der Waals surface area (Å²) in [7, 11) is 1.42. The van der Waals surface area contributed by atoms with E-state index in [2.05, 4.69) is 26.3 Å². The molecule has 1 aliphatic heterocycles. The first-order valence-electron chi connectivity index (χ1n) is 11.3. The van der Waals surface area contributed by atoms with Gasteiger partial charge in [0.2, 0.25) is 0 Å². The molecule has 0 unspecified atom stereocenters. The molecule has 1 saturated heterocycles. The van der Waals surface area contributed by atoms with Crippen LogP contribution in [0.1, 0.15) is 41.6 Å². The van der Waals surface area contributed by atoms with Crippen LogP contribution in [0.2, 0.25) is 5.02 Å². The zero-order valence-electron chi connectivity index (χ0n) is 18.7. The van der Waals surface area contributed by atoms with Crippen molar-refractivity contribution in [3.63, 3.8) is 0 Å². The van der Waals surface area contributed by atoms with E-state index in [0.29, 0.717) is 42.2 Å². The highest BCUT2D eigenvalue weighted by Gasteiger charge is 2.45. The van der Waals surface area contributed by atoms with E-state index in [1.165, 1.54) is 7.11 Å². The second-order valence-corrected chi connectivity index (χ2v) is 10.3. The number of hydrogen-bond acceptors (Lipinski definition) is 5. The number of carbonyl (C=O) groups is 2. The Morgan fingerprint density at radius 3 is 2.47 bits per heavy atom. The number of hydrogen-bond donors (Lipinski definition) is 1. The number of amides is 1. The van der Waals surface area contributed by atoms with Gasteiger partial charge < -0.3 is 14.8 Å². The number of methoxy groups -OCH3 is 1. The van der Waals surface area contributed by atoms with Crippen molar-refractivity contribution in [2.24, 2.45) is 5.92 Å². The van der Waals surface area contributed by atoms with Crippen LogP contribution in [0.15, 0.2) is 47.1 Å². The standard InChI is InChI=1S/C25H25BrClN3O4/c1-33-24(32)15-2-8-18(9-3-15)29-23(31)19-10-11-21(27)20-12-28-30(22(19)20)25(13-34-14-25)16-4-6-17(26)7-5-16/h4-7,10-12,15,18H,2-3,8-9,13-14H2,1H3,(H,29,31). The molecule has 0 spiro atoms. The fourth-order valence-electron chi connectivity index (χ4n) is 4.99. The molecule has 0 atom stereocenters. The molecule has 0 bridgehead atoms. The Hall–Kier alpha value is -2.42. The maximum absolute atomic E-state index is 13.5. The number of ether oxygens (including phenoxy) is 2. The number of esters is 1. The van der Waals surface area contributed by atoms with Gasteiger partial charge in [-0.25, -0.2) is 4.68 Å². The Balaban J connectivity index is 1.47. The minimum absolute atomic E-state index is 0.00276. The van der Waals surface area contributed by atoms with Gasteiger partial charge in [-0.2, -0.15) is 5.10 Å². The third-order valence-corrected chi connectivity index (χ3v) is 7.85. The molecular weight excluding hydrogens is 522 g/mol. The number of aromatic nitrogens is 2. The maximum atomic E-state index is 13.5. The molecule has 2 aromatic carbocycles. The van der Waals surface area contributed by atoms with Crippen LogP contribution in [0.5, 0.6) is 0 Å². The van der Waals surface area contributed by atoms with Gasteiger partial charge in [0.15, 0.2) is 0 Å². The van der Waals surface area contributed by atoms with Crippen LogP contribution in [0.25, 0.3) is 10.9 Å². The number of benzene rings is 2. The average Bonchev–Trinajstić information content (AvgIpc) is 3.26. The van der Waals surface area contributed by atoms with Gasteiger partial charge >= 0.3 is 5.97 Å². The highest BCUT2D eigenvalue weighted by molar-refractivity contribution is 9.10. The minimum Gasteiger partial charge on any atom is -0.469 e. The van der Waals surface area contributed by atoms with Crippen molar-refractivity contribution in [3.8, 4) is 0 Å². The SMILES string of the molecule is COC(=O)C1CCC(NC(=O)c2ccc(Cl)c3cnn(C4(c5ccc(Br)cc5)COC4)c23)CC1. The van der Waals surface area contributed by atoms with Gasteiger partial charge in [0.1, 0.15) is 5.54 Å². The van der Waals surface area contributed by atoms with E-state index < -0.39 is 5.54 Å². The number of fused-ring (bicyclic) bond motifs is 1. The average molecular weight is 547 g/mol. The molecule has 2 aliphatic rings. The van der Waals surface area contributed by atoms with Crippen LogP contribution in [0, 0.1) is 5.92 Å². The summed E-state index contributed by atoms with van der Waals surface area (Å²) in [6.45, 7) is 0.910. The highest BCUT2D eigenvalue weighted by Crippen LogP contribution is 2.39. The van der Waals surface area contributed by atoms with Gasteiger partial charge in [-0.05, 0) is 55.5 Å². The lowest BCUT2D eigenvalue weighted by Crippen LogP contribution is -2.53. The molecular formula is C25H25BrClN3O4. The molecule has 7 nitrogen and oxygen atoms in total. The summed E-state index contributed by atoms with van der Waals surface area (Å²) in [6.07, 6.45) is 4.59. The van der Waals surface area contributed by atoms with Gasteiger partial charge in [-0.15, -0.1) is 0 Å². The lowest BCUT2D eigenvalue weighted by Gasteiger charge is -2.42. The molecule has 3 aromatic rings. The second kappa shape index (κ2) is 9.32. The summed E-state index contributed by atoms with van der Waals surface area (Å²) < 4.78 is 13.4. The molecule has 1 aromatic heterocycles. The number of carbonyl (C=O) groups excluding carboxylic acids is 2. The third-order valence-electron chi connectivity index (χ3n) is 6.99. The third kappa shape index (κ3) is 4.01. The van der Waals surface area contributed by atoms with Gasteiger partial charge in [-0.1, -0.05) is 39.7 Å². The molecule has 0 radical (unpaired) electrons. The molecule has 34 heavy (non-hydrogen) atoms. The van der Waals surface area contributed by atoms with Gasteiger partial charge in [-0.3, -0.25) is 9.59 Å². The normalized spacial score (nSPS) is 21.6. The zero-order valence-corrected chi connectivity index (χ0v) is 21.1. The van der Waals surface area contributed by atoms with Crippen LogP contribution >= 0.6 is 27.5 Å². The molecule has 2 fully saturated rings. The summed E-state index contributed by atoms with van der Waals surface area (Å²) in [5.41, 5.74) is 1.76. The van der Waals surface area contributed by atoms with Crippen molar-refractivity contribution < 1.29 is 19.1 Å². The summed E-state index contributed by atoms with van der Waals surface area (Å²) in [5.74, 6) is -0.434. The summed E-state index contributed by atoms with van der Waals surface area (Å²) >= 11 is 10.0. The van der Waals surface area contributed by atoms with Crippen LogP contribution < -0.4 is 5.32 Å². The van der Waals surface area contributed by atoms with E-state index in [4.69, 9.17) is 21.1 Å². The first-order chi connectivity index (χ1) is 16.4. The topological polar surface area (TPSA) is 82.5 Å². The van der Waals surface area contributed by atoms with E-state index in [1.54, 1.807) is 18.3 Å². The summed E-state index contributed by atoms with van der Waals surface area (Å²) in [5, 5.41) is 9.12. The van der Waals surface area contributed by atoms with Crippen LogP contribution in [0.4, 0.5) is 0 Å². The lowest BCUT2D eigenvalue weighted by molar-refractivity contribution is -0.146. The Morgan fingerprint density at radius 1 is 1.15 bits per heavy atom. The minimum atomic E-state index is -0.513. The Morgan fingerprint density at radius 2 is 1.85 bits per heavy atom. The fraction of sp³-hybridized carbons (Fsp3) is 0.400.